The first kappa shape index (κ1) is 23.5. The molecule has 0 bridgehead atoms. The zero-order chi connectivity index (χ0) is 22.3. The molecule has 0 radical (unpaired) electrons. The van der Waals surface area contributed by atoms with Crippen LogP contribution in [0.15, 0.2) is 29.1 Å². The van der Waals surface area contributed by atoms with Crippen LogP contribution in [0.4, 0.5) is 0 Å². The molecule has 4 rings (SSSR count). The third-order valence-corrected chi connectivity index (χ3v) is 5.85. The fourth-order valence-electron chi connectivity index (χ4n) is 3.21. The second-order valence-electron chi connectivity index (χ2n) is 6.55. The van der Waals surface area contributed by atoms with Gasteiger partial charge in [0.2, 0.25) is 0 Å². The molecule has 7 heteroatoms. The molecule has 0 saturated heterocycles. The Morgan fingerprint density at radius 1 is 1.27 bits per heavy atom. The van der Waals surface area contributed by atoms with E-state index in [1.807, 2.05) is 32.0 Å². The van der Waals surface area contributed by atoms with Gasteiger partial charge in [0.25, 0.3) is 5.56 Å². The van der Waals surface area contributed by atoms with E-state index in [0.29, 0.717) is 15.8 Å². The number of rotatable bonds is 3. The first-order valence-electron chi connectivity index (χ1n) is 10.2. The summed E-state index contributed by atoms with van der Waals surface area (Å²) in [6.45, 7) is 7.46. The second kappa shape index (κ2) is 10.8. The number of Topliss-reactive ketones (excluding diaryl/α,β-unsaturated/α-hetero) is 1. The highest BCUT2D eigenvalue weighted by atomic mass is 32.1. The average Bonchev–Trinajstić information content (AvgIpc) is 3.36. The molecule has 2 heterocycles. The van der Waals surface area contributed by atoms with Gasteiger partial charge in [0, 0.05) is 13.2 Å². The summed E-state index contributed by atoms with van der Waals surface area (Å²) in [5.41, 5.74) is 2.74. The summed E-state index contributed by atoms with van der Waals surface area (Å²) in [5.74, 6) is -0.310. The largest absolute Gasteiger partial charge is 0.465 e. The van der Waals surface area contributed by atoms with Crippen molar-refractivity contribution in [1.82, 2.24) is 9.97 Å². The smallest absolute Gasteiger partial charge is 0.337 e. The SMILES string of the molecule is CC.CC(=O)c1nc2sc3c(c2c(=O)[nH]1)CCC3.CCc1cccc(C(=O)OC)c1.[HH]. The highest BCUT2D eigenvalue weighted by Gasteiger charge is 2.21. The molecule has 3 aromatic rings. The van der Waals surface area contributed by atoms with Gasteiger partial charge in [-0.2, -0.15) is 0 Å². The molecular weight excluding hydrogens is 400 g/mol. The van der Waals surface area contributed by atoms with Crippen molar-refractivity contribution < 1.29 is 15.8 Å². The van der Waals surface area contributed by atoms with Gasteiger partial charge in [0.15, 0.2) is 11.6 Å². The molecule has 162 valence electrons. The van der Waals surface area contributed by atoms with Crippen LogP contribution < -0.4 is 5.56 Å². The van der Waals surface area contributed by atoms with E-state index in [2.05, 4.69) is 21.6 Å². The van der Waals surface area contributed by atoms with E-state index in [0.717, 1.165) is 36.8 Å². The Morgan fingerprint density at radius 3 is 2.63 bits per heavy atom. The number of benzene rings is 1. The van der Waals surface area contributed by atoms with E-state index >= 15 is 0 Å². The number of aromatic nitrogens is 2. The van der Waals surface area contributed by atoms with Crippen LogP contribution in [0.25, 0.3) is 10.2 Å². The normalized spacial score (nSPS) is 11.6. The number of esters is 1. The summed E-state index contributed by atoms with van der Waals surface area (Å²) in [4.78, 5) is 42.9. The Morgan fingerprint density at radius 2 is 2.00 bits per heavy atom. The number of ketones is 1. The Bertz CT molecular complexity index is 1100. The highest BCUT2D eigenvalue weighted by Crippen LogP contribution is 2.34. The zero-order valence-electron chi connectivity index (χ0n) is 18.1. The van der Waals surface area contributed by atoms with Gasteiger partial charge in [0.05, 0.1) is 18.1 Å². The number of carbonyl (C=O) groups excluding carboxylic acids is 2. The van der Waals surface area contributed by atoms with Crippen molar-refractivity contribution in [1.29, 1.82) is 0 Å². The van der Waals surface area contributed by atoms with Crippen molar-refractivity contribution in [2.75, 3.05) is 7.11 Å². The molecule has 1 N–H and O–H groups in total. The maximum absolute atomic E-state index is 11.9. The van der Waals surface area contributed by atoms with Crippen LogP contribution in [0.3, 0.4) is 0 Å². The number of H-pyrrole nitrogens is 1. The molecule has 6 nitrogen and oxygen atoms in total. The number of hydrogen-bond acceptors (Lipinski definition) is 6. The van der Waals surface area contributed by atoms with Crippen molar-refractivity contribution >= 4 is 33.3 Å². The van der Waals surface area contributed by atoms with Crippen LogP contribution in [0.1, 0.15) is 72.5 Å². The van der Waals surface area contributed by atoms with E-state index in [9.17, 15) is 14.4 Å². The quantitative estimate of drug-likeness (QED) is 0.467. The molecule has 0 saturated carbocycles. The molecular formula is C23H30N2O4S. The summed E-state index contributed by atoms with van der Waals surface area (Å²) in [6.07, 6.45) is 4.04. The lowest BCUT2D eigenvalue weighted by Gasteiger charge is -2.00. The third-order valence-electron chi connectivity index (χ3n) is 4.66. The molecule has 0 atom stereocenters. The van der Waals surface area contributed by atoms with Crippen LogP contribution in [0.5, 0.6) is 0 Å². The Labute approximate surface area is 181 Å². The minimum absolute atomic E-state index is 0. The predicted molar refractivity (Wildman–Crippen MR) is 123 cm³/mol. The Hall–Kier alpha value is -2.80. The van der Waals surface area contributed by atoms with Gasteiger partial charge < -0.3 is 9.72 Å². The van der Waals surface area contributed by atoms with Crippen LogP contribution in [-0.4, -0.2) is 28.8 Å². The zero-order valence-corrected chi connectivity index (χ0v) is 18.9. The van der Waals surface area contributed by atoms with Crippen LogP contribution in [-0.2, 0) is 24.0 Å². The topological polar surface area (TPSA) is 89.1 Å². The fourth-order valence-corrected chi connectivity index (χ4v) is 4.47. The summed E-state index contributed by atoms with van der Waals surface area (Å²) in [5, 5.41) is 0.697. The van der Waals surface area contributed by atoms with E-state index < -0.39 is 0 Å². The van der Waals surface area contributed by atoms with Crippen molar-refractivity contribution in [2.24, 2.45) is 0 Å². The van der Waals surface area contributed by atoms with Gasteiger partial charge in [-0.1, -0.05) is 32.9 Å². The number of nitrogens with one attached hydrogen (secondary N) is 1. The molecule has 1 aliphatic carbocycles. The molecule has 1 aliphatic rings. The monoisotopic (exact) mass is 430 g/mol. The lowest BCUT2D eigenvalue weighted by Crippen LogP contribution is -2.14. The van der Waals surface area contributed by atoms with E-state index in [1.165, 1.54) is 18.9 Å². The molecule has 0 spiro atoms. The van der Waals surface area contributed by atoms with Gasteiger partial charge in [-0.15, -0.1) is 11.3 Å². The Kier molecular flexibility index (Phi) is 8.47. The number of carbonyl (C=O) groups is 2. The van der Waals surface area contributed by atoms with Crippen LogP contribution in [0, 0.1) is 0 Å². The van der Waals surface area contributed by atoms with E-state index in [1.54, 1.807) is 17.4 Å². The standard InChI is InChI=1S/C11H10N2O2S.C10H12O2.C2H6.H2/c1-5(14)9-12-10(15)8-6-3-2-4-7(6)16-11(8)13-9;1-3-8-5-4-6-9(7-8)10(11)12-2;1-2;/h2-4H2,1H3,(H,12,13,15);4-7H,3H2,1-2H3;1-2H3;1H. The molecule has 0 aliphatic heterocycles. The third kappa shape index (κ3) is 5.21. The summed E-state index contributed by atoms with van der Waals surface area (Å²) >= 11 is 1.55. The predicted octanol–water partition coefficient (Wildman–Crippen LogP) is 4.98. The van der Waals surface area contributed by atoms with Gasteiger partial charge in [0.1, 0.15) is 4.83 Å². The second-order valence-corrected chi connectivity index (χ2v) is 7.64. The first-order chi connectivity index (χ1) is 14.4. The number of fused-ring (bicyclic) bond motifs is 3. The summed E-state index contributed by atoms with van der Waals surface area (Å²) < 4.78 is 4.60. The Balaban J connectivity index is 0.000000289. The lowest BCUT2D eigenvalue weighted by atomic mass is 10.1. The number of nitrogens with zero attached hydrogens (tertiary/aromatic N) is 1. The number of hydrogen-bond donors (Lipinski definition) is 1. The van der Waals surface area contributed by atoms with Gasteiger partial charge in [-0.05, 0) is 48.9 Å². The van der Waals surface area contributed by atoms with Crippen LogP contribution in [0.2, 0.25) is 0 Å². The maximum Gasteiger partial charge on any atom is 0.337 e. The van der Waals surface area contributed by atoms with Gasteiger partial charge >= 0.3 is 5.97 Å². The van der Waals surface area contributed by atoms with Gasteiger partial charge in [-0.3, -0.25) is 9.59 Å². The maximum atomic E-state index is 11.9. The first-order valence-corrected chi connectivity index (χ1v) is 11.0. The van der Waals surface area contributed by atoms with E-state index in [4.69, 9.17) is 0 Å². The van der Waals surface area contributed by atoms with Crippen molar-refractivity contribution in [3.8, 4) is 0 Å². The number of ether oxygens (including phenoxy) is 1. The number of thiophene rings is 1. The number of aryl methyl sites for hydroxylation is 3. The molecule has 1 aromatic carbocycles. The molecule has 2 aromatic heterocycles. The molecule has 30 heavy (non-hydrogen) atoms. The molecule has 0 fully saturated rings. The average molecular weight is 431 g/mol. The highest BCUT2D eigenvalue weighted by molar-refractivity contribution is 7.18. The van der Waals surface area contributed by atoms with Gasteiger partial charge in [-0.25, -0.2) is 9.78 Å². The van der Waals surface area contributed by atoms with Crippen molar-refractivity contribution in [3.63, 3.8) is 0 Å². The van der Waals surface area contributed by atoms with Crippen molar-refractivity contribution in [2.45, 2.75) is 53.4 Å². The van der Waals surface area contributed by atoms with Crippen LogP contribution >= 0.6 is 11.3 Å². The number of methoxy groups -OCH3 is 1. The van der Waals surface area contributed by atoms with E-state index in [-0.39, 0.29) is 24.6 Å². The summed E-state index contributed by atoms with van der Waals surface area (Å²) in [6, 6.07) is 7.47. The minimum atomic E-state index is -0.273. The minimum Gasteiger partial charge on any atom is -0.465 e. The fraction of sp³-hybridized carbons (Fsp3) is 0.391. The number of aromatic amines is 1. The summed E-state index contributed by atoms with van der Waals surface area (Å²) in [7, 11) is 1.39. The molecule has 0 unspecified atom stereocenters. The van der Waals surface area contributed by atoms with Crippen molar-refractivity contribution in [3.05, 3.63) is 62.0 Å². The lowest BCUT2D eigenvalue weighted by molar-refractivity contribution is 0.0600. The molecule has 0 amide bonds.